The maximum absolute atomic E-state index is 12.2. The Hall–Kier alpha value is -1.09. The number of benzene rings is 1. The van der Waals surface area contributed by atoms with Crippen LogP contribution >= 0.6 is 0 Å². The van der Waals surface area contributed by atoms with Gasteiger partial charge in [0.05, 0.1) is 10.1 Å². The minimum atomic E-state index is -3.18. The monoisotopic (exact) mass is 280 g/mol. The van der Waals surface area contributed by atoms with Crippen molar-refractivity contribution >= 4 is 9.84 Å². The molecule has 0 aromatic heterocycles. The molecule has 0 aliphatic carbocycles. The first-order chi connectivity index (χ1) is 8.89. The molecule has 0 bridgehead atoms. The van der Waals surface area contributed by atoms with Crippen molar-refractivity contribution in [2.45, 2.75) is 56.6 Å². The van der Waals surface area contributed by atoms with E-state index in [0.717, 1.165) is 18.4 Å². The molecule has 0 amide bonds. The third-order valence-corrected chi connectivity index (χ3v) is 5.42. The second-order valence-corrected chi connectivity index (χ2v) is 7.69. The molecule has 1 aromatic rings. The van der Waals surface area contributed by atoms with Crippen LogP contribution in [0.15, 0.2) is 41.3 Å². The number of hydrogen-bond donors (Lipinski definition) is 0. The molecule has 1 aromatic carbocycles. The van der Waals surface area contributed by atoms with E-state index in [1.54, 1.807) is 19.9 Å². The molecule has 0 fully saturated rings. The van der Waals surface area contributed by atoms with Crippen LogP contribution in [0.4, 0.5) is 0 Å². The van der Waals surface area contributed by atoms with Gasteiger partial charge in [0.1, 0.15) is 0 Å². The summed E-state index contributed by atoms with van der Waals surface area (Å²) in [5, 5.41) is -0.377. The standard InChI is InChI=1S/C16H24O2S/c1-5-6-7-9-14(4)15-10-8-11-16(12-15)19(17,18)13(2)3/h6-8,10-14H,5,9H2,1-4H3/b7-6-. The van der Waals surface area contributed by atoms with Crippen molar-refractivity contribution < 1.29 is 8.42 Å². The van der Waals surface area contributed by atoms with Gasteiger partial charge in [-0.3, -0.25) is 0 Å². The van der Waals surface area contributed by atoms with Crippen LogP contribution in [-0.2, 0) is 9.84 Å². The molecule has 19 heavy (non-hydrogen) atoms. The molecule has 0 saturated heterocycles. The molecule has 0 spiro atoms. The van der Waals surface area contributed by atoms with Crippen molar-refractivity contribution in [3.05, 3.63) is 42.0 Å². The molecular formula is C16H24O2S. The van der Waals surface area contributed by atoms with Crippen LogP contribution in [0.3, 0.4) is 0 Å². The Morgan fingerprint density at radius 2 is 1.84 bits per heavy atom. The number of allylic oxidation sites excluding steroid dienone is 2. The second-order valence-electron chi connectivity index (χ2n) is 5.18. The number of sulfone groups is 1. The van der Waals surface area contributed by atoms with Gasteiger partial charge in [0, 0.05) is 0 Å². The van der Waals surface area contributed by atoms with Crippen molar-refractivity contribution in [2.75, 3.05) is 0 Å². The average Bonchev–Trinajstić information content (AvgIpc) is 2.39. The van der Waals surface area contributed by atoms with E-state index in [4.69, 9.17) is 0 Å². The lowest BCUT2D eigenvalue weighted by Gasteiger charge is -2.13. The molecule has 1 atom stereocenters. The molecule has 0 heterocycles. The summed E-state index contributed by atoms with van der Waals surface area (Å²) in [4.78, 5) is 0.436. The van der Waals surface area contributed by atoms with Gasteiger partial charge >= 0.3 is 0 Å². The first kappa shape index (κ1) is 16.0. The van der Waals surface area contributed by atoms with Gasteiger partial charge in [-0.05, 0) is 50.3 Å². The molecule has 0 N–H and O–H groups in total. The van der Waals surface area contributed by atoms with E-state index in [1.807, 2.05) is 18.2 Å². The van der Waals surface area contributed by atoms with E-state index in [-0.39, 0.29) is 5.25 Å². The fourth-order valence-corrected chi connectivity index (χ4v) is 2.99. The lowest BCUT2D eigenvalue weighted by Crippen LogP contribution is -2.14. The van der Waals surface area contributed by atoms with Gasteiger partial charge in [0.25, 0.3) is 0 Å². The largest absolute Gasteiger partial charge is 0.223 e. The molecule has 106 valence electrons. The normalized spacial score (nSPS) is 14.2. The molecule has 0 aliphatic rings. The summed E-state index contributed by atoms with van der Waals surface area (Å²) < 4.78 is 24.3. The summed E-state index contributed by atoms with van der Waals surface area (Å²) in [5.74, 6) is 0.338. The van der Waals surface area contributed by atoms with E-state index in [1.165, 1.54) is 0 Å². The Morgan fingerprint density at radius 3 is 2.42 bits per heavy atom. The van der Waals surface area contributed by atoms with Crippen molar-refractivity contribution in [2.24, 2.45) is 0 Å². The highest BCUT2D eigenvalue weighted by atomic mass is 32.2. The van der Waals surface area contributed by atoms with E-state index in [0.29, 0.717) is 10.8 Å². The maximum atomic E-state index is 12.2. The van der Waals surface area contributed by atoms with Crippen LogP contribution in [0.25, 0.3) is 0 Å². The average molecular weight is 280 g/mol. The van der Waals surface area contributed by atoms with Crippen LogP contribution in [-0.4, -0.2) is 13.7 Å². The van der Waals surface area contributed by atoms with Gasteiger partial charge < -0.3 is 0 Å². The lowest BCUT2D eigenvalue weighted by molar-refractivity contribution is 0.587. The van der Waals surface area contributed by atoms with Crippen LogP contribution in [0.5, 0.6) is 0 Å². The van der Waals surface area contributed by atoms with Crippen molar-refractivity contribution in [1.82, 2.24) is 0 Å². The van der Waals surface area contributed by atoms with Crippen LogP contribution in [0, 0.1) is 0 Å². The number of hydrogen-bond acceptors (Lipinski definition) is 2. The third kappa shape index (κ3) is 4.20. The molecule has 2 nitrogen and oxygen atoms in total. The zero-order valence-electron chi connectivity index (χ0n) is 12.3. The molecular weight excluding hydrogens is 256 g/mol. The molecule has 1 rings (SSSR count). The van der Waals surface area contributed by atoms with Gasteiger partial charge in [-0.1, -0.05) is 38.1 Å². The summed E-state index contributed by atoms with van der Waals surface area (Å²) in [6.07, 6.45) is 6.28. The predicted molar refractivity (Wildman–Crippen MR) is 81.2 cm³/mol. The van der Waals surface area contributed by atoms with Crippen LogP contribution in [0.1, 0.15) is 52.0 Å². The highest BCUT2D eigenvalue weighted by Gasteiger charge is 2.19. The minimum absolute atomic E-state index is 0.338. The zero-order valence-corrected chi connectivity index (χ0v) is 13.1. The van der Waals surface area contributed by atoms with Crippen LogP contribution in [0.2, 0.25) is 0 Å². The van der Waals surface area contributed by atoms with E-state index >= 15 is 0 Å². The Morgan fingerprint density at radius 1 is 1.16 bits per heavy atom. The Labute approximate surface area is 117 Å². The van der Waals surface area contributed by atoms with Gasteiger partial charge in [-0.2, -0.15) is 0 Å². The maximum Gasteiger partial charge on any atom is 0.180 e. The van der Waals surface area contributed by atoms with E-state index in [9.17, 15) is 8.42 Å². The Bertz CT molecular complexity index is 527. The van der Waals surface area contributed by atoms with Gasteiger partial charge in [0.15, 0.2) is 9.84 Å². The topological polar surface area (TPSA) is 34.1 Å². The summed E-state index contributed by atoms with van der Waals surface area (Å²) in [5.41, 5.74) is 1.09. The fraction of sp³-hybridized carbons (Fsp3) is 0.500. The molecule has 1 unspecified atom stereocenters. The van der Waals surface area contributed by atoms with Crippen molar-refractivity contribution in [1.29, 1.82) is 0 Å². The van der Waals surface area contributed by atoms with Gasteiger partial charge in [0.2, 0.25) is 0 Å². The highest BCUT2D eigenvalue weighted by molar-refractivity contribution is 7.92. The first-order valence-electron chi connectivity index (χ1n) is 6.88. The molecule has 0 radical (unpaired) electrons. The van der Waals surface area contributed by atoms with E-state index in [2.05, 4.69) is 26.0 Å². The second kappa shape index (κ2) is 6.90. The van der Waals surface area contributed by atoms with Gasteiger partial charge in [-0.25, -0.2) is 8.42 Å². The summed E-state index contributed by atoms with van der Waals surface area (Å²) >= 11 is 0. The first-order valence-corrected chi connectivity index (χ1v) is 8.43. The lowest BCUT2D eigenvalue weighted by atomic mass is 9.98. The quantitative estimate of drug-likeness (QED) is 0.727. The molecule has 0 saturated carbocycles. The third-order valence-electron chi connectivity index (χ3n) is 3.27. The summed E-state index contributed by atoms with van der Waals surface area (Å²) in [6.45, 7) is 7.67. The van der Waals surface area contributed by atoms with Crippen molar-refractivity contribution in [3.8, 4) is 0 Å². The predicted octanol–water partition coefficient (Wildman–Crippen LogP) is 4.33. The smallest absolute Gasteiger partial charge is 0.180 e. The fourth-order valence-electron chi connectivity index (χ4n) is 1.87. The van der Waals surface area contributed by atoms with Crippen LogP contribution < -0.4 is 0 Å². The minimum Gasteiger partial charge on any atom is -0.223 e. The van der Waals surface area contributed by atoms with Crippen molar-refractivity contribution in [3.63, 3.8) is 0 Å². The Balaban J connectivity index is 2.98. The molecule has 3 heteroatoms. The molecule has 0 aliphatic heterocycles. The summed E-state index contributed by atoms with van der Waals surface area (Å²) in [6, 6.07) is 7.35. The van der Waals surface area contributed by atoms with Gasteiger partial charge in [-0.15, -0.1) is 0 Å². The highest BCUT2D eigenvalue weighted by Crippen LogP contribution is 2.24. The van der Waals surface area contributed by atoms with E-state index < -0.39 is 9.84 Å². The summed E-state index contributed by atoms with van der Waals surface area (Å²) in [7, 11) is -3.18. The SMILES string of the molecule is CC/C=C\CC(C)c1cccc(S(=O)(=O)C(C)C)c1. The Kier molecular flexibility index (Phi) is 5.80. The number of rotatable bonds is 6. The zero-order chi connectivity index (χ0) is 14.5.